The van der Waals surface area contributed by atoms with Crippen LogP contribution in [-0.2, 0) is 34.9 Å². The van der Waals surface area contributed by atoms with E-state index in [9.17, 15) is 28.6 Å². The number of benzene rings is 2. The second-order valence-electron chi connectivity index (χ2n) is 9.69. The van der Waals surface area contributed by atoms with Crippen LogP contribution in [0.5, 0.6) is 11.5 Å². The summed E-state index contributed by atoms with van der Waals surface area (Å²) in [6.45, 7) is 10.6. The predicted octanol–water partition coefficient (Wildman–Crippen LogP) is 4.06. The quantitative estimate of drug-likeness (QED) is 0.146. The van der Waals surface area contributed by atoms with Crippen LogP contribution in [0.3, 0.4) is 0 Å². The number of aliphatic hydroxyl groups is 2. The Morgan fingerprint density at radius 2 is 1.59 bits per heavy atom. The maximum absolute atomic E-state index is 13.5. The number of rotatable bonds is 17. The summed E-state index contributed by atoms with van der Waals surface area (Å²) in [5, 5.41) is 21.7. The Balaban J connectivity index is 1.68. The predicted molar refractivity (Wildman–Crippen MR) is 161 cm³/mol. The molecule has 1 heterocycles. The van der Waals surface area contributed by atoms with E-state index in [2.05, 4.69) is 19.7 Å². The molecule has 2 aromatic carbocycles. The van der Waals surface area contributed by atoms with Gasteiger partial charge in [0.05, 0.1) is 6.61 Å². The fourth-order valence-corrected chi connectivity index (χ4v) is 4.13. The maximum atomic E-state index is 13.5. The molecule has 0 unspecified atom stereocenters. The summed E-state index contributed by atoms with van der Waals surface area (Å²) < 4.78 is 64.6. The molecule has 5 atom stereocenters. The Hall–Kier alpha value is -4.56. The molecule has 0 aromatic heterocycles. The number of halogens is 2. The van der Waals surface area contributed by atoms with Gasteiger partial charge in [-0.3, -0.25) is 0 Å². The zero-order valence-corrected chi connectivity index (χ0v) is 24.9. The number of ether oxygens (including phenoxy) is 7. The van der Waals surface area contributed by atoms with Crippen LogP contribution in [0.2, 0.25) is 0 Å². The average molecular weight is 647 g/mol. The largest absolute Gasteiger partial charge is 0.508 e. The lowest BCUT2D eigenvalue weighted by atomic mass is 9.99. The summed E-state index contributed by atoms with van der Waals surface area (Å²) in [5.41, 5.74) is 0.952. The Bertz CT molecular complexity index is 1380. The molecule has 2 aromatic rings. The number of carbonyl (C=O) groups excluding carboxylic acids is 2. The summed E-state index contributed by atoms with van der Waals surface area (Å²) in [7, 11) is 0. The van der Waals surface area contributed by atoms with Crippen LogP contribution in [0, 0.1) is 11.6 Å². The van der Waals surface area contributed by atoms with E-state index in [4.69, 9.17) is 33.2 Å². The van der Waals surface area contributed by atoms with Gasteiger partial charge < -0.3 is 43.4 Å². The molecular weight excluding hydrogens is 610 g/mol. The van der Waals surface area contributed by atoms with E-state index in [1.165, 1.54) is 12.1 Å². The minimum Gasteiger partial charge on any atom is -0.486 e. The standard InChI is InChI=1S/C33H36F2O11/c1-4-14-40-25-11-8-22(19-26(25)41-15-5-2)13-17-42-32-30(38)29(37)31(27(45-32)20-44-33(39)43-16-6-3)46-28(36)12-9-21-7-10-23(34)24(35)18-21/h4-12,18-19,27,29-32,37-38H,1-3,13-17,20H2/t27-,29-,30-,31-,32-/m1/s1. The molecule has 1 saturated heterocycles. The molecule has 0 radical (unpaired) electrons. The van der Waals surface area contributed by atoms with Crippen molar-refractivity contribution < 1.29 is 61.7 Å². The molecule has 13 heteroatoms. The van der Waals surface area contributed by atoms with Gasteiger partial charge in [0.15, 0.2) is 35.5 Å². The fourth-order valence-electron chi connectivity index (χ4n) is 4.13. The van der Waals surface area contributed by atoms with E-state index in [1.807, 2.05) is 0 Å². The SMILES string of the molecule is C=CCOC(=O)OC[C@H]1O[C@@H](OCCc2ccc(OCC=C)c(OCC=C)c2)[C@H](O)[C@@H](O)[C@@H]1OC(=O)C=Cc1ccc(F)c(F)c1. The molecule has 1 aliphatic heterocycles. The van der Waals surface area contributed by atoms with Crippen LogP contribution in [-0.4, -0.2) is 86.1 Å². The van der Waals surface area contributed by atoms with Crippen LogP contribution in [0.25, 0.3) is 6.08 Å². The van der Waals surface area contributed by atoms with Crippen LogP contribution in [0.1, 0.15) is 11.1 Å². The highest BCUT2D eigenvalue weighted by Gasteiger charge is 2.47. The number of carbonyl (C=O) groups is 2. The van der Waals surface area contributed by atoms with Gasteiger partial charge in [-0.15, -0.1) is 0 Å². The molecule has 1 aliphatic rings. The summed E-state index contributed by atoms with van der Waals surface area (Å²) in [5.74, 6) is -2.20. The Morgan fingerprint density at radius 3 is 2.28 bits per heavy atom. The first-order chi connectivity index (χ1) is 22.2. The minimum absolute atomic E-state index is 0.0125. The van der Waals surface area contributed by atoms with E-state index >= 15 is 0 Å². The van der Waals surface area contributed by atoms with Gasteiger partial charge in [0, 0.05) is 6.08 Å². The van der Waals surface area contributed by atoms with Crippen LogP contribution in [0.4, 0.5) is 13.6 Å². The van der Waals surface area contributed by atoms with Crippen molar-refractivity contribution in [3.63, 3.8) is 0 Å². The van der Waals surface area contributed by atoms with Crippen molar-refractivity contribution in [2.45, 2.75) is 37.1 Å². The summed E-state index contributed by atoms with van der Waals surface area (Å²) in [4.78, 5) is 24.5. The first-order valence-corrected chi connectivity index (χ1v) is 14.1. The lowest BCUT2D eigenvalue weighted by Crippen LogP contribution is -2.60. The summed E-state index contributed by atoms with van der Waals surface area (Å²) in [6.07, 6.45) is -1.84. The van der Waals surface area contributed by atoms with Crippen LogP contribution >= 0.6 is 0 Å². The number of hydrogen-bond donors (Lipinski definition) is 2. The molecule has 0 spiro atoms. The van der Waals surface area contributed by atoms with Crippen molar-refractivity contribution in [1.29, 1.82) is 0 Å². The minimum atomic E-state index is -1.74. The zero-order valence-electron chi connectivity index (χ0n) is 24.9. The monoisotopic (exact) mass is 646 g/mol. The van der Waals surface area contributed by atoms with Crippen LogP contribution < -0.4 is 9.47 Å². The van der Waals surface area contributed by atoms with E-state index in [0.29, 0.717) is 17.9 Å². The molecule has 0 amide bonds. The van der Waals surface area contributed by atoms with Crippen molar-refractivity contribution in [2.24, 2.45) is 0 Å². The van der Waals surface area contributed by atoms with Crippen LogP contribution in [0.15, 0.2) is 80.4 Å². The molecule has 2 N–H and O–H groups in total. The third-order valence-corrected chi connectivity index (χ3v) is 6.33. The lowest BCUT2D eigenvalue weighted by Gasteiger charge is -2.41. The first kappa shape index (κ1) is 35.9. The van der Waals surface area contributed by atoms with Crippen molar-refractivity contribution in [1.82, 2.24) is 0 Å². The average Bonchev–Trinajstić information content (AvgIpc) is 3.05. The van der Waals surface area contributed by atoms with E-state index in [1.54, 1.807) is 30.4 Å². The van der Waals surface area contributed by atoms with Gasteiger partial charge in [0.1, 0.15) is 44.7 Å². The topological polar surface area (TPSA) is 139 Å². The molecule has 3 rings (SSSR count). The van der Waals surface area contributed by atoms with Gasteiger partial charge in [0.2, 0.25) is 0 Å². The van der Waals surface area contributed by atoms with Crippen molar-refractivity contribution in [3.8, 4) is 11.5 Å². The van der Waals surface area contributed by atoms with Gasteiger partial charge in [-0.05, 0) is 47.9 Å². The highest BCUT2D eigenvalue weighted by molar-refractivity contribution is 5.87. The van der Waals surface area contributed by atoms with Gasteiger partial charge in [-0.25, -0.2) is 18.4 Å². The molecule has 0 bridgehead atoms. The molecule has 46 heavy (non-hydrogen) atoms. The normalized spacial score (nSPS) is 20.8. The van der Waals surface area contributed by atoms with Crippen molar-refractivity contribution >= 4 is 18.2 Å². The number of hydrogen-bond acceptors (Lipinski definition) is 11. The van der Waals surface area contributed by atoms with Gasteiger partial charge in [0.25, 0.3) is 0 Å². The maximum Gasteiger partial charge on any atom is 0.508 e. The number of aliphatic hydroxyl groups excluding tert-OH is 2. The Kier molecular flexibility index (Phi) is 14.4. The third kappa shape index (κ3) is 10.8. The molecule has 0 aliphatic carbocycles. The highest BCUT2D eigenvalue weighted by atomic mass is 19.2. The molecular formula is C33H36F2O11. The van der Waals surface area contributed by atoms with Gasteiger partial charge in [-0.1, -0.05) is 50.1 Å². The summed E-state index contributed by atoms with van der Waals surface area (Å²) in [6, 6.07) is 8.27. The zero-order chi connectivity index (χ0) is 33.5. The second kappa shape index (κ2) is 18.4. The third-order valence-electron chi connectivity index (χ3n) is 6.33. The second-order valence-corrected chi connectivity index (χ2v) is 9.69. The molecule has 1 fully saturated rings. The van der Waals surface area contributed by atoms with E-state index in [0.717, 1.165) is 29.8 Å². The molecule has 11 nitrogen and oxygen atoms in total. The Labute approximate surface area is 264 Å². The molecule has 0 saturated carbocycles. The van der Waals surface area contributed by atoms with E-state index in [-0.39, 0.29) is 32.0 Å². The summed E-state index contributed by atoms with van der Waals surface area (Å²) >= 11 is 0. The first-order valence-electron chi connectivity index (χ1n) is 14.1. The highest BCUT2D eigenvalue weighted by Crippen LogP contribution is 2.30. The number of esters is 1. The van der Waals surface area contributed by atoms with Crippen molar-refractivity contribution in [2.75, 3.05) is 33.0 Å². The van der Waals surface area contributed by atoms with Gasteiger partial charge >= 0.3 is 12.1 Å². The lowest BCUT2D eigenvalue weighted by molar-refractivity contribution is -0.302. The van der Waals surface area contributed by atoms with Gasteiger partial charge in [-0.2, -0.15) is 0 Å². The Morgan fingerprint density at radius 1 is 0.870 bits per heavy atom. The smallest absolute Gasteiger partial charge is 0.486 e. The van der Waals surface area contributed by atoms with E-state index < -0.39 is 61.1 Å². The molecule has 248 valence electrons. The fraction of sp³-hybridized carbons (Fsp3) is 0.333. The van der Waals surface area contributed by atoms with Crippen molar-refractivity contribution in [3.05, 3.63) is 103 Å².